The summed E-state index contributed by atoms with van der Waals surface area (Å²) in [4.78, 5) is 16.4. The molecule has 4 rings (SSSR count). The van der Waals surface area contributed by atoms with Gasteiger partial charge in [0.1, 0.15) is 11.4 Å². The Morgan fingerprint density at radius 1 is 1.03 bits per heavy atom. The van der Waals surface area contributed by atoms with Crippen molar-refractivity contribution in [2.45, 2.75) is 6.54 Å². The van der Waals surface area contributed by atoms with Crippen LogP contribution >= 0.6 is 0 Å². The Labute approximate surface area is 169 Å². The molecule has 1 fully saturated rings. The number of hydrogen-bond acceptors (Lipinski definition) is 6. The fourth-order valence-electron chi connectivity index (χ4n) is 3.59. The monoisotopic (exact) mass is 391 g/mol. The molecule has 150 valence electrons. The van der Waals surface area contributed by atoms with Crippen LogP contribution in [0.5, 0.6) is 0 Å². The number of primary amides is 1. The van der Waals surface area contributed by atoms with E-state index in [-0.39, 0.29) is 11.4 Å². The van der Waals surface area contributed by atoms with Crippen LogP contribution in [0.1, 0.15) is 15.9 Å². The van der Waals surface area contributed by atoms with Gasteiger partial charge in [-0.15, -0.1) is 0 Å². The second kappa shape index (κ2) is 8.24. The van der Waals surface area contributed by atoms with Crippen molar-refractivity contribution in [3.05, 3.63) is 65.7 Å². The van der Waals surface area contributed by atoms with E-state index >= 15 is 0 Å². The van der Waals surface area contributed by atoms with Gasteiger partial charge in [0.05, 0.1) is 0 Å². The molecular weight excluding hydrogens is 366 g/mol. The lowest BCUT2D eigenvalue weighted by Gasteiger charge is -2.36. The summed E-state index contributed by atoms with van der Waals surface area (Å²) in [6, 6.07) is 18.6. The van der Waals surface area contributed by atoms with Gasteiger partial charge in [0, 0.05) is 44.1 Å². The molecular formula is C21H25N7O. The maximum absolute atomic E-state index is 11.5. The second-order valence-electron chi connectivity index (χ2n) is 7.15. The van der Waals surface area contributed by atoms with E-state index < -0.39 is 5.91 Å². The topological polar surface area (TPSA) is 116 Å². The normalized spacial score (nSPS) is 14.7. The number of aromatic nitrogens is 2. The number of carbonyl (C=O) groups is 1. The van der Waals surface area contributed by atoms with Crippen molar-refractivity contribution >= 4 is 28.9 Å². The number of carbonyl (C=O) groups excluding carboxylic acids is 1. The summed E-state index contributed by atoms with van der Waals surface area (Å²) < 4.78 is 0. The Bertz CT molecular complexity index is 960. The molecule has 6 N–H and O–H groups in total. The Hall–Kier alpha value is -3.52. The Morgan fingerprint density at radius 2 is 1.72 bits per heavy atom. The van der Waals surface area contributed by atoms with Gasteiger partial charge in [-0.1, -0.05) is 30.3 Å². The van der Waals surface area contributed by atoms with Crippen molar-refractivity contribution in [2.24, 2.45) is 5.73 Å². The molecule has 1 aliphatic heterocycles. The fraction of sp³-hybridized carbons (Fsp3) is 0.238. The van der Waals surface area contributed by atoms with Crippen molar-refractivity contribution in [1.82, 2.24) is 15.1 Å². The van der Waals surface area contributed by atoms with Gasteiger partial charge in [0.25, 0.3) is 5.91 Å². The predicted molar refractivity (Wildman–Crippen MR) is 115 cm³/mol. The lowest BCUT2D eigenvalue weighted by atomic mass is 10.2. The van der Waals surface area contributed by atoms with Crippen molar-refractivity contribution in [2.75, 3.05) is 42.1 Å². The number of benzene rings is 2. The Balaban J connectivity index is 1.35. The van der Waals surface area contributed by atoms with E-state index in [1.54, 1.807) is 0 Å². The highest BCUT2D eigenvalue weighted by Gasteiger charge is 2.18. The van der Waals surface area contributed by atoms with Crippen molar-refractivity contribution in [1.29, 1.82) is 0 Å². The van der Waals surface area contributed by atoms with Crippen LogP contribution in [-0.4, -0.2) is 47.2 Å². The standard InChI is InChI=1S/C21H25N7O/c22-19-18(20(23)29)21(26-25-19)24-16-6-8-17(9-7-16)28-12-10-27(11-13-28)14-15-4-2-1-3-5-15/h1-9H,10-14H2,(H2,23,29)(H4,22,24,25,26). The molecule has 0 radical (unpaired) electrons. The van der Waals surface area contributed by atoms with Gasteiger partial charge in [-0.05, 0) is 29.8 Å². The lowest BCUT2D eigenvalue weighted by Crippen LogP contribution is -2.45. The lowest BCUT2D eigenvalue weighted by molar-refractivity contribution is 0.100. The fourth-order valence-corrected chi connectivity index (χ4v) is 3.59. The maximum Gasteiger partial charge on any atom is 0.256 e. The third kappa shape index (κ3) is 4.33. The van der Waals surface area contributed by atoms with Crippen LogP contribution < -0.4 is 21.7 Å². The van der Waals surface area contributed by atoms with Gasteiger partial charge < -0.3 is 21.7 Å². The highest BCUT2D eigenvalue weighted by Crippen LogP contribution is 2.25. The van der Waals surface area contributed by atoms with Gasteiger partial charge in [-0.3, -0.25) is 14.8 Å². The van der Waals surface area contributed by atoms with Gasteiger partial charge in [-0.25, -0.2) is 0 Å². The summed E-state index contributed by atoms with van der Waals surface area (Å²) in [5.74, 6) is -0.133. The van der Waals surface area contributed by atoms with E-state index in [1.807, 2.05) is 12.1 Å². The molecule has 0 bridgehead atoms. The molecule has 2 aromatic carbocycles. The first-order chi connectivity index (χ1) is 14.1. The van der Waals surface area contributed by atoms with Crippen LogP contribution in [0.2, 0.25) is 0 Å². The number of rotatable bonds is 6. The van der Waals surface area contributed by atoms with Crippen LogP contribution in [-0.2, 0) is 6.54 Å². The molecule has 0 unspecified atom stereocenters. The molecule has 1 amide bonds. The largest absolute Gasteiger partial charge is 0.383 e. The summed E-state index contributed by atoms with van der Waals surface area (Å²) in [6.07, 6.45) is 0. The first kappa shape index (κ1) is 18.8. The van der Waals surface area contributed by atoms with E-state index in [1.165, 1.54) is 11.3 Å². The van der Waals surface area contributed by atoms with E-state index in [4.69, 9.17) is 11.5 Å². The number of hydrogen-bond donors (Lipinski definition) is 4. The first-order valence-electron chi connectivity index (χ1n) is 9.62. The summed E-state index contributed by atoms with van der Waals surface area (Å²) in [7, 11) is 0. The zero-order chi connectivity index (χ0) is 20.2. The smallest absolute Gasteiger partial charge is 0.256 e. The average Bonchev–Trinajstić information content (AvgIpc) is 3.10. The first-order valence-corrected chi connectivity index (χ1v) is 9.62. The van der Waals surface area contributed by atoms with Crippen LogP contribution in [0.4, 0.5) is 23.0 Å². The number of nitrogen functional groups attached to an aromatic ring is 1. The van der Waals surface area contributed by atoms with Crippen LogP contribution in [0.25, 0.3) is 0 Å². The number of nitrogens with one attached hydrogen (secondary N) is 2. The van der Waals surface area contributed by atoms with Crippen LogP contribution in [0, 0.1) is 0 Å². The molecule has 3 aromatic rings. The number of amides is 1. The minimum atomic E-state index is -0.622. The second-order valence-corrected chi connectivity index (χ2v) is 7.15. The van der Waals surface area contributed by atoms with Gasteiger partial charge in [0.15, 0.2) is 5.82 Å². The zero-order valence-electron chi connectivity index (χ0n) is 16.1. The molecule has 8 heteroatoms. The number of aromatic amines is 1. The Kier molecular flexibility index (Phi) is 5.35. The van der Waals surface area contributed by atoms with E-state index in [9.17, 15) is 4.79 Å². The van der Waals surface area contributed by atoms with Crippen molar-refractivity contribution in [3.8, 4) is 0 Å². The summed E-state index contributed by atoms with van der Waals surface area (Å²) >= 11 is 0. The molecule has 8 nitrogen and oxygen atoms in total. The third-order valence-electron chi connectivity index (χ3n) is 5.16. The minimum absolute atomic E-state index is 0.157. The van der Waals surface area contributed by atoms with Crippen LogP contribution in [0.15, 0.2) is 54.6 Å². The highest BCUT2D eigenvalue weighted by molar-refractivity contribution is 6.02. The van der Waals surface area contributed by atoms with Gasteiger partial charge in [-0.2, -0.15) is 5.10 Å². The number of piperazine rings is 1. The minimum Gasteiger partial charge on any atom is -0.383 e. The third-order valence-corrected chi connectivity index (χ3v) is 5.16. The summed E-state index contributed by atoms with van der Waals surface area (Å²) in [5.41, 5.74) is 14.6. The number of nitrogens with zero attached hydrogens (tertiary/aromatic N) is 3. The number of anilines is 4. The summed E-state index contributed by atoms with van der Waals surface area (Å²) in [5, 5.41) is 9.67. The molecule has 1 saturated heterocycles. The number of nitrogens with two attached hydrogens (primary N) is 2. The molecule has 0 aliphatic carbocycles. The summed E-state index contributed by atoms with van der Waals surface area (Å²) in [6.45, 7) is 5.03. The van der Waals surface area contributed by atoms with Crippen molar-refractivity contribution in [3.63, 3.8) is 0 Å². The van der Waals surface area contributed by atoms with E-state index in [2.05, 4.69) is 67.8 Å². The predicted octanol–water partition coefficient (Wildman–Crippen LogP) is 2.16. The van der Waals surface area contributed by atoms with Crippen LogP contribution in [0.3, 0.4) is 0 Å². The Morgan fingerprint density at radius 3 is 2.38 bits per heavy atom. The number of H-pyrrole nitrogens is 1. The molecule has 29 heavy (non-hydrogen) atoms. The van der Waals surface area contributed by atoms with E-state index in [0.29, 0.717) is 5.82 Å². The SMILES string of the molecule is NC(=O)c1c(Nc2ccc(N3CCN(Cc4ccccc4)CC3)cc2)n[nH]c1N. The van der Waals surface area contributed by atoms with Gasteiger partial charge in [0.2, 0.25) is 0 Å². The highest BCUT2D eigenvalue weighted by atomic mass is 16.1. The molecule has 0 saturated carbocycles. The quantitative estimate of drug-likeness (QED) is 0.512. The molecule has 1 aromatic heterocycles. The van der Waals surface area contributed by atoms with E-state index in [0.717, 1.165) is 38.4 Å². The zero-order valence-corrected chi connectivity index (χ0v) is 16.1. The maximum atomic E-state index is 11.5. The molecule has 2 heterocycles. The molecule has 1 aliphatic rings. The van der Waals surface area contributed by atoms with Crippen molar-refractivity contribution < 1.29 is 4.79 Å². The van der Waals surface area contributed by atoms with Gasteiger partial charge >= 0.3 is 0 Å². The molecule has 0 atom stereocenters. The average molecular weight is 391 g/mol. The molecule has 0 spiro atoms.